The van der Waals surface area contributed by atoms with Crippen LogP contribution in [0.25, 0.3) is 0 Å². The maximum absolute atomic E-state index is 11.9. The first kappa shape index (κ1) is 18.0. The van der Waals surface area contributed by atoms with Gasteiger partial charge in [-0.05, 0) is 17.7 Å². The van der Waals surface area contributed by atoms with Crippen LogP contribution in [0.15, 0.2) is 36.7 Å². The molecule has 0 saturated carbocycles. The minimum Gasteiger partial charge on any atom is -0.478 e. The SMILES string of the molecule is CN(C)C(=O)Cn1cc(NC(=O)NCc2ccc(C(=O)O)cc2)cn1. The number of carbonyl (C=O) groups is 3. The van der Waals surface area contributed by atoms with Gasteiger partial charge >= 0.3 is 12.0 Å². The molecule has 132 valence electrons. The first-order valence-electron chi connectivity index (χ1n) is 7.45. The van der Waals surface area contributed by atoms with E-state index in [4.69, 9.17) is 5.11 Å². The van der Waals surface area contributed by atoms with Gasteiger partial charge in [0.25, 0.3) is 0 Å². The van der Waals surface area contributed by atoms with Gasteiger partial charge in [0.2, 0.25) is 5.91 Å². The van der Waals surface area contributed by atoms with Crippen LogP contribution in [-0.4, -0.2) is 51.8 Å². The van der Waals surface area contributed by atoms with Gasteiger partial charge in [-0.2, -0.15) is 5.10 Å². The van der Waals surface area contributed by atoms with Crippen LogP contribution >= 0.6 is 0 Å². The number of rotatable bonds is 6. The predicted octanol–water partition coefficient (Wildman–Crippen LogP) is 0.991. The number of hydrogen-bond acceptors (Lipinski definition) is 4. The number of aromatic nitrogens is 2. The molecular formula is C16H19N5O4. The fourth-order valence-electron chi connectivity index (χ4n) is 1.92. The molecule has 2 aromatic rings. The second-order valence-corrected chi connectivity index (χ2v) is 5.52. The number of carboxylic acid groups (broad SMARTS) is 1. The van der Waals surface area contributed by atoms with Gasteiger partial charge in [-0.3, -0.25) is 9.48 Å². The highest BCUT2D eigenvalue weighted by Crippen LogP contribution is 2.06. The Morgan fingerprint density at radius 3 is 2.48 bits per heavy atom. The number of likely N-dealkylation sites (N-methyl/N-ethyl adjacent to an activating group) is 1. The molecule has 0 aliphatic heterocycles. The Kier molecular flexibility index (Phi) is 5.72. The standard InChI is InChI=1S/C16H19N5O4/c1-20(2)14(22)10-21-9-13(8-18-21)19-16(25)17-7-11-3-5-12(6-4-11)15(23)24/h3-6,8-9H,7,10H2,1-2H3,(H,23,24)(H2,17,19,25). The molecule has 2 rings (SSSR count). The highest BCUT2D eigenvalue weighted by atomic mass is 16.4. The van der Waals surface area contributed by atoms with Crippen LogP contribution in [0.3, 0.4) is 0 Å². The molecule has 1 aromatic heterocycles. The van der Waals surface area contributed by atoms with Crippen molar-refractivity contribution in [3.63, 3.8) is 0 Å². The number of benzene rings is 1. The monoisotopic (exact) mass is 345 g/mol. The summed E-state index contributed by atoms with van der Waals surface area (Å²) in [6, 6.07) is 5.79. The third-order valence-corrected chi connectivity index (χ3v) is 3.34. The number of anilines is 1. The molecule has 0 aliphatic rings. The van der Waals surface area contributed by atoms with Gasteiger partial charge in [0.15, 0.2) is 0 Å². The smallest absolute Gasteiger partial charge is 0.335 e. The first-order chi connectivity index (χ1) is 11.8. The van der Waals surface area contributed by atoms with Crippen molar-refractivity contribution >= 4 is 23.6 Å². The molecular weight excluding hydrogens is 326 g/mol. The predicted molar refractivity (Wildman–Crippen MR) is 90.2 cm³/mol. The lowest BCUT2D eigenvalue weighted by atomic mass is 10.1. The first-order valence-corrected chi connectivity index (χ1v) is 7.45. The Morgan fingerprint density at radius 2 is 1.88 bits per heavy atom. The third-order valence-electron chi connectivity index (χ3n) is 3.34. The zero-order chi connectivity index (χ0) is 18.4. The molecule has 0 radical (unpaired) electrons. The van der Waals surface area contributed by atoms with E-state index in [1.807, 2.05) is 0 Å². The maximum Gasteiger partial charge on any atom is 0.335 e. The number of nitrogens with one attached hydrogen (secondary N) is 2. The second kappa shape index (κ2) is 7.95. The van der Waals surface area contributed by atoms with E-state index in [1.165, 1.54) is 27.9 Å². The molecule has 0 saturated heterocycles. The van der Waals surface area contributed by atoms with Gasteiger partial charge in [-0.15, -0.1) is 0 Å². The topological polar surface area (TPSA) is 117 Å². The minimum absolute atomic E-state index is 0.0895. The summed E-state index contributed by atoms with van der Waals surface area (Å²) in [5, 5.41) is 18.1. The summed E-state index contributed by atoms with van der Waals surface area (Å²) in [4.78, 5) is 35.7. The lowest BCUT2D eigenvalue weighted by Crippen LogP contribution is -2.28. The van der Waals surface area contributed by atoms with Crippen molar-refractivity contribution in [2.24, 2.45) is 0 Å². The third kappa shape index (κ3) is 5.34. The van der Waals surface area contributed by atoms with Crippen molar-refractivity contribution in [1.82, 2.24) is 20.0 Å². The summed E-state index contributed by atoms with van der Waals surface area (Å²) < 4.78 is 1.43. The number of carbonyl (C=O) groups excluding carboxylic acids is 2. The number of aromatic carboxylic acids is 1. The highest BCUT2D eigenvalue weighted by molar-refractivity contribution is 5.89. The van der Waals surface area contributed by atoms with Crippen molar-refractivity contribution in [1.29, 1.82) is 0 Å². The Morgan fingerprint density at radius 1 is 1.20 bits per heavy atom. The van der Waals surface area contributed by atoms with Crippen molar-refractivity contribution in [2.45, 2.75) is 13.1 Å². The molecule has 0 spiro atoms. The Hall–Kier alpha value is -3.36. The quantitative estimate of drug-likeness (QED) is 0.722. The van der Waals surface area contributed by atoms with Crippen LogP contribution in [0.1, 0.15) is 15.9 Å². The molecule has 9 heteroatoms. The summed E-state index contributed by atoms with van der Waals surface area (Å²) in [5.74, 6) is -1.11. The summed E-state index contributed by atoms with van der Waals surface area (Å²) in [5.41, 5.74) is 1.42. The van der Waals surface area contributed by atoms with Gasteiger partial charge < -0.3 is 20.6 Å². The lowest BCUT2D eigenvalue weighted by Gasteiger charge is -2.09. The van der Waals surface area contributed by atoms with Crippen LogP contribution < -0.4 is 10.6 Å². The van der Waals surface area contributed by atoms with Crippen molar-refractivity contribution in [3.05, 3.63) is 47.8 Å². The van der Waals surface area contributed by atoms with E-state index >= 15 is 0 Å². The largest absolute Gasteiger partial charge is 0.478 e. The molecule has 0 aliphatic carbocycles. The van der Waals surface area contributed by atoms with Gasteiger partial charge in [-0.1, -0.05) is 12.1 Å². The molecule has 25 heavy (non-hydrogen) atoms. The number of nitrogens with zero attached hydrogens (tertiary/aromatic N) is 3. The van der Waals surface area contributed by atoms with E-state index in [0.717, 1.165) is 5.56 Å². The highest BCUT2D eigenvalue weighted by Gasteiger charge is 2.08. The number of amides is 3. The zero-order valence-corrected chi connectivity index (χ0v) is 13.9. The Labute approximate surface area is 144 Å². The van der Waals surface area contributed by atoms with E-state index in [1.54, 1.807) is 32.4 Å². The Balaban J connectivity index is 1.83. The lowest BCUT2D eigenvalue weighted by molar-refractivity contribution is -0.129. The van der Waals surface area contributed by atoms with E-state index in [2.05, 4.69) is 15.7 Å². The van der Waals surface area contributed by atoms with Crippen LogP contribution in [0.2, 0.25) is 0 Å². The Bertz CT molecular complexity index is 767. The van der Waals surface area contributed by atoms with Crippen LogP contribution in [0.4, 0.5) is 10.5 Å². The summed E-state index contributed by atoms with van der Waals surface area (Å²) in [6.45, 7) is 0.339. The van der Waals surface area contributed by atoms with Crippen LogP contribution in [0, 0.1) is 0 Å². The van der Waals surface area contributed by atoms with Gasteiger partial charge in [0.05, 0.1) is 17.4 Å². The van der Waals surface area contributed by atoms with Crippen molar-refractivity contribution < 1.29 is 19.5 Å². The number of hydrogen-bond donors (Lipinski definition) is 3. The van der Waals surface area contributed by atoms with Gasteiger partial charge in [0.1, 0.15) is 6.54 Å². The molecule has 0 fully saturated rings. The second-order valence-electron chi connectivity index (χ2n) is 5.52. The maximum atomic E-state index is 11.9. The molecule has 0 unspecified atom stereocenters. The van der Waals surface area contributed by atoms with Gasteiger partial charge in [0, 0.05) is 26.8 Å². The zero-order valence-electron chi connectivity index (χ0n) is 13.9. The average molecular weight is 345 g/mol. The summed E-state index contributed by atoms with van der Waals surface area (Å²) >= 11 is 0. The van der Waals surface area contributed by atoms with Crippen molar-refractivity contribution in [2.75, 3.05) is 19.4 Å². The average Bonchev–Trinajstić information content (AvgIpc) is 3.00. The molecule has 0 bridgehead atoms. The van der Waals surface area contributed by atoms with E-state index < -0.39 is 12.0 Å². The van der Waals surface area contributed by atoms with Crippen LogP contribution in [0.5, 0.6) is 0 Å². The van der Waals surface area contributed by atoms with E-state index in [-0.39, 0.29) is 24.6 Å². The normalized spacial score (nSPS) is 10.2. The van der Waals surface area contributed by atoms with Gasteiger partial charge in [-0.25, -0.2) is 9.59 Å². The molecule has 3 N–H and O–H groups in total. The summed E-state index contributed by atoms with van der Waals surface area (Å²) in [7, 11) is 3.31. The fourth-order valence-corrected chi connectivity index (χ4v) is 1.92. The van der Waals surface area contributed by atoms with E-state index in [0.29, 0.717) is 5.69 Å². The van der Waals surface area contributed by atoms with E-state index in [9.17, 15) is 14.4 Å². The van der Waals surface area contributed by atoms with Crippen LogP contribution in [-0.2, 0) is 17.9 Å². The summed E-state index contributed by atoms with van der Waals surface area (Å²) in [6.07, 6.45) is 3.01. The minimum atomic E-state index is -0.998. The van der Waals surface area contributed by atoms with Crippen molar-refractivity contribution in [3.8, 4) is 0 Å². The number of urea groups is 1. The fraction of sp³-hybridized carbons (Fsp3) is 0.250. The molecule has 1 heterocycles. The molecule has 1 aromatic carbocycles. The molecule has 3 amide bonds. The number of carboxylic acids is 1. The molecule has 0 atom stereocenters. The molecule has 9 nitrogen and oxygen atoms in total.